The van der Waals surface area contributed by atoms with Crippen LogP contribution in [-0.2, 0) is 35.6 Å². The Morgan fingerprint density at radius 1 is 0.958 bits per heavy atom. The van der Waals surface area contributed by atoms with Gasteiger partial charge in [-0.2, -0.15) is 30.5 Å². The summed E-state index contributed by atoms with van der Waals surface area (Å²) in [5.74, 6) is -3.51. The number of nitrogens with zero attached hydrogens (tertiary/aromatic N) is 3. The highest BCUT2D eigenvalue weighted by Gasteiger charge is 2.43. The van der Waals surface area contributed by atoms with Crippen LogP contribution in [0.4, 0.5) is 18.0 Å². The van der Waals surface area contributed by atoms with Gasteiger partial charge in [-0.15, -0.1) is 0 Å². The lowest BCUT2D eigenvalue weighted by molar-refractivity contribution is -0.186. The molecular weight excluding hydrogens is 679 g/mol. The number of ether oxygens (including phenoxy) is 2. The lowest BCUT2D eigenvalue weighted by Crippen LogP contribution is -2.58. The first-order chi connectivity index (χ1) is 22.1. The molecule has 48 heavy (non-hydrogen) atoms. The third-order valence-electron chi connectivity index (χ3n) is 6.83. The van der Waals surface area contributed by atoms with E-state index in [0.29, 0.717) is 10.5 Å². The number of hydrogen-bond donors (Lipinski definition) is 3. The van der Waals surface area contributed by atoms with Gasteiger partial charge in [-0.05, 0) is 64.4 Å². The maximum atomic E-state index is 13.6. The zero-order valence-corrected chi connectivity index (χ0v) is 28.6. The highest BCUT2D eigenvalue weighted by Crippen LogP contribution is 2.23. The zero-order valence-electron chi connectivity index (χ0n) is 26.9. The molecule has 0 spiro atoms. The van der Waals surface area contributed by atoms with Crippen LogP contribution in [0.3, 0.4) is 0 Å². The summed E-state index contributed by atoms with van der Waals surface area (Å²) >= 11 is 4.43. The van der Waals surface area contributed by atoms with Crippen molar-refractivity contribution in [2.24, 2.45) is 0 Å². The number of sulfonamides is 1. The van der Waals surface area contributed by atoms with E-state index < -0.39 is 62.5 Å². The number of rotatable bonds is 10. The molecule has 2 atom stereocenters. The number of carbonyl (C=O) groups excluding carboxylic acids is 4. The van der Waals surface area contributed by atoms with Gasteiger partial charge in [0.1, 0.15) is 28.3 Å². The minimum Gasteiger partial charge on any atom is -0.458 e. The van der Waals surface area contributed by atoms with Crippen molar-refractivity contribution in [2.45, 2.75) is 74.5 Å². The summed E-state index contributed by atoms with van der Waals surface area (Å²) in [7, 11) is -4.21. The molecule has 3 amide bonds. The van der Waals surface area contributed by atoms with E-state index in [2.05, 4.69) is 27.7 Å². The van der Waals surface area contributed by atoms with Crippen molar-refractivity contribution in [3.63, 3.8) is 0 Å². The lowest BCUT2D eigenvalue weighted by Gasteiger charge is -2.34. The largest absolute Gasteiger partial charge is 0.471 e. The van der Waals surface area contributed by atoms with Gasteiger partial charge in [-0.25, -0.2) is 18.0 Å². The number of alkyl halides is 3. The molecule has 0 radical (unpaired) electrons. The number of thiol groups is 1. The van der Waals surface area contributed by atoms with Crippen molar-refractivity contribution >= 4 is 46.5 Å². The summed E-state index contributed by atoms with van der Waals surface area (Å²) in [6, 6.07) is 5.91. The lowest BCUT2D eigenvalue weighted by atomic mass is 10.0. The Labute approximate surface area is 282 Å². The Hall–Kier alpha value is -3.90. The topological polar surface area (TPSA) is 164 Å². The van der Waals surface area contributed by atoms with Gasteiger partial charge in [0.25, 0.3) is 0 Å². The number of halogens is 3. The summed E-state index contributed by atoms with van der Waals surface area (Å²) in [6.45, 7) is 7.05. The van der Waals surface area contributed by atoms with Crippen LogP contribution in [-0.4, -0.2) is 102 Å². The minimum atomic E-state index is -5.00. The molecule has 1 aliphatic rings. The number of amides is 3. The van der Waals surface area contributed by atoms with Crippen molar-refractivity contribution in [1.29, 1.82) is 0 Å². The fourth-order valence-corrected chi connectivity index (χ4v) is 6.01. The van der Waals surface area contributed by atoms with Gasteiger partial charge in [0.15, 0.2) is 0 Å². The van der Waals surface area contributed by atoms with Gasteiger partial charge < -0.3 is 24.6 Å². The molecule has 2 aromatic rings. The smallest absolute Gasteiger partial charge is 0.458 e. The van der Waals surface area contributed by atoms with Crippen molar-refractivity contribution in [1.82, 2.24) is 24.8 Å². The van der Waals surface area contributed by atoms with Gasteiger partial charge in [-0.1, -0.05) is 12.1 Å². The van der Waals surface area contributed by atoms with Gasteiger partial charge in [-0.3, -0.25) is 14.6 Å². The van der Waals surface area contributed by atoms with E-state index in [1.807, 2.05) is 0 Å². The van der Waals surface area contributed by atoms with Crippen LogP contribution in [0.5, 0.6) is 5.75 Å². The Bertz CT molecular complexity index is 1570. The average Bonchev–Trinajstić information content (AvgIpc) is 2.98. The van der Waals surface area contributed by atoms with Gasteiger partial charge >= 0.3 is 24.1 Å². The van der Waals surface area contributed by atoms with Crippen LogP contribution in [0, 0.1) is 0 Å². The Balaban J connectivity index is 1.72. The highest BCUT2D eigenvalue weighted by atomic mass is 32.2. The Morgan fingerprint density at radius 2 is 1.54 bits per heavy atom. The van der Waals surface area contributed by atoms with Crippen LogP contribution in [0.1, 0.15) is 40.2 Å². The molecule has 264 valence electrons. The summed E-state index contributed by atoms with van der Waals surface area (Å²) in [4.78, 5) is 56.2. The Kier molecular flexibility index (Phi) is 12.1. The first kappa shape index (κ1) is 38.5. The first-order valence-corrected chi connectivity index (χ1v) is 16.6. The van der Waals surface area contributed by atoms with Crippen LogP contribution in [0.2, 0.25) is 0 Å². The molecule has 1 fully saturated rings. The molecule has 13 nitrogen and oxygen atoms in total. The fourth-order valence-electron chi connectivity index (χ4n) is 4.44. The standard InChI is InChI=1S/C30H38F3N5O8S2/c1-28(2,3)46-25(40)22(35-24(39)23(29(4,5)47)36-48(43,44)21-7-6-12-34-18-21)17-19-8-10-20(11-9-19)45-27(42)38-15-13-37(14-16-38)26(41)30(31,32)33/h6-12,18,22-23,36,47H,13-17H2,1-5H3,(H,35,39)/t22-,23+/m0/s1. The number of esters is 1. The SMILES string of the molecule is CC(C)(C)OC(=O)[C@H](Cc1ccc(OC(=O)N2CCN(C(=O)C(F)(F)F)CC2)cc1)NC(=O)[C@@H](NS(=O)(=O)c1cccnc1)C(C)(C)S. The number of nitrogens with one attached hydrogen (secondary N) is 2. The van der Waals surface area contributed by atoms with Gasteiger partial charge in [0.05, 0.1) is 0 Å². The molecule has 0 saturated carbocycles. The van der Waals surface area contributed by atoms with E-state index >= 15 is 0 Å². The summed E-state index contributed by atoms with van der Waals surface area (Å²) in [5.41, 5.74) is -0.420. The molecule has 1 aromatic carbocycles. The molecule has 0 unspecified atom stereocenters. The van der Waals surface area contributed by atoms with Crippen molar-refractivity contribution in [2.75, 3.05) is 26.2 Å². The van der Waals surface area contributed by atoms with E-state index in [9.17, 15) is 40.8 Å². The molecular formula is C30H38F3N5O8S2. The maximum Gasteiger partial charge on any atom is 0.471 e. The first-order valence-electron chi connectivity index (χ1n) is 14.7. The van der Waals surface area contributed by atoms with Crippen LogP contribution in [0.25, 0.3) is 0 Å². The normalized spacial score (nSPS) is 15.7. The highest BCUT2D eigenvalue weighted by molar-refractivity contribution is 7.89. The second kappa shape index (κ2) is 15.1. The second-order valence-corrected chi connectivity index (χ2v) is 15.4. The van der Waals surface area contributed by atoms with Gasteiger partial charge in [0, 0.05) is 49.7 Å². The molecule has 0 bridgehead atoms. The average molecular weight is 718 g/mol. The quantitative estimate of drug-likeness (QED) is 0.248. The molecule has 1 saturated heterocycles. The molecule has 1 aromatic heterocycles. The number of benzene rings is 1. The van der Waals surface area contributed by atoms with Crippen molar-refractivity contribution in [3.05, 3.63) is 54.4 Å². The number of piperazine rings is 1. The van der Waals surface area contributed by atoms with Gasteiger partial charge in [0.2, 0.25) is 15.9 Å². The number of aromatic nitrogens is 1. The second-order valence-electron chi connectivity index (χ2n) is 12.5. The fraction of sp³-hybridized carbons (Fsp3) is 0.500. The zero-order chi connectivity index (χ0) is 36.1. The summed E-state index contributed by atoms with van der Waals surface area (Å²) in [5, 5.41) is 2.58. The van der Waals surface area contributed by atoms with Crippen LogP contribution in [0.15, 0.2) is 53.7 Å². The van der Waals surface area contributed by atoms with E-state index in [-0.39, 0.29) is 43.2 Å². The maximum absolute atomic E-state index is 13.6. The van der Waals surface area contributed by atoms with E-state index in [4.69, 9.17) is 9.47 Å². The van der Waals surface area contributed by atoms with E-state index in [1.165, 1.54) is 61.3 Å². The van der Waals surface area contributed by atoms with Crippen LogP contribution >= 0.6 is 12.6 Å². The number of pyridine rings is 1. The Morgan fingerprint density at radius 3 is 2.04 bits per heavy atom. The molecule has 18 heteroatoms. The molecule has 2 heterocycles. The molecule has 1 aliphatic heterocycles. The predicted molar refractivity (Wildman–Crippen MR) is 170 cm³/mol. The van der Waals surface area contributed by atoms with Crippen LogP contribution < -0.4 is 14.8 Å². The minimum absolute atomic E-state index is 0.0945. The van der Waals surface area contributed by atoms with Crippen molar-refractivity contribution in [3.8, 4) is 5.75 Å². The third-order valence-corrected chi connectivity index (χ3v) is 8.50. The van der Waals surface area contributed by atoms with E-state index in [1.54, 1.807) is 20.8 Å². The summed E-state index contributed by atoms with van der Waals surface area (Å²) < 4.78 is 76.1. The molecule has 2 N–H and O–H groups in total. The number of carbonyl (C=O) groups is 4. The third kappa shape index (κ3) is 11.1. The summed E-state index contributed by atoms with van der Waals surface area (Å²) in [6.07, 6.45) is -3.41. The number of hydrogen-bond acceptors (Lipinski definition) is 10. The predicted octanol–water partition coefficient (Wildman–Crippen LogP) is 2.71. The molecule has 3 rings (SSSR count). The monoisotopic (exact) mass is 717 g/mol. The van der Waals surface area contributed by atoms with E-state index in [0.717, 1.165) is 6.20 Å². The molecule has 0 aliphatic carbocycles. The van der Waals surface area contributed by atoms with Crippen molar-refractivity contribution < 1.29 is 50.2 Å².